The van der Waals surface area contributed by atoms with Crippen molar-refractivity contribution in [3.8, 4) is 0 Å². The average molecular weight is 285 g/mol. The molecule has 21 heavy (non-hydrogen) atoms. The van der Waals surface area contributed by atoms with Crippen LogP contribution in [0.4, 0.5) is 0 Å². The third-order valence-corrected chi connectivity index (χ3v) is 4.46. The van der Waals surface area contributed by atoms with Gasteiger partial charge in [0.1, 0.15) is 0 Å². The Labute approximate surface area is 125 Å². The molecule has 0 aliphatic carbocycles. The number of piperidine rings is 1. The summed E-state index contributed by atoms with van der Waals surface area (Å²) in [6.45, 7) is 5.81. The van der Waals surface area contributed by atoms with Crippen molar-refractivity contribution in [1.29, 1.82) is 0 Å². The molecular formula is C17H23N3O. The van der Waals surface area contributed by atoms with Gasteiger partial charge in [-0.1, -0.05) is 12.1 Å². The Morgan fingerprint density at radius 3 is 3.05 bits per heavy atom. The molecule has 2 aromatic rings. The molecule has 0 radical (unpaired) electrons. The summed E-state index contributed by atoms with van der Waals surface area (Å²) in [5.41, 5.74) is 2.34. The van der Waals surface area contributed by atoms with E-state index in [-0.39, 0.29) is 5.91 Å². The molecule has 0 unspecified atom stereocenters. The molecule has 2 heterocycles. The molecule has 112 valence electrons. The molecule has 0 bridgehead atoms. The van der Waals surface area contributed by atoms with Crippen molar-refractivity contribution in [2.45, 2.75) is 52.1 Å². The number of hydrogen-bond acceptors (Lipinski definition) is 2. The largest absolute Gasteiger partial charge is 0.340 e. The number of carbonyl (C=O) groups is 1. The Hall–Kier alpha value is -1.84. The average Bonchev–Trinajstić information content (AvgIpc) is 2.87. The number of hydrogen-bond donors (Lipinski definition) is 0. The Morgan fingerprint density at radius 1 is 1.38 bits per heavy atom. The van der Waals surface area contributed by atoms with Gasteiger partial charge in [-0.25, -0.2) is 0 Å². The smallest absolute Gasteiger partial charge is 0.224 e. The minimum Gasteiger partial charge on any atom is -0.340 e. The highest BCUT2D eigenvalue weighted by Crippen LogP contribution is 2.19. The number of rotatable bonds is 3. The highest BCUT2D eigenvalue weighted by molar-refractivity contribution is 5.80. The van der Waals surface area contributed by atoms with Crippen LogP contribution in [0.25, 0.3) is 10.9 Å². The number of amides is 1. The van der Waals surface area contributed by atoms with Crippen LogP contribution in [0.15, 0.2) is 24.4 Å². The first-order chi connectivity index (χ1) is 10.1. The van der Waals surface area contributed by atoms with Gasteiger partial charge in [0, 0.05) is 24.4 Å². The van der Waals surface area contributed by atoms with Crippen molar-refractivity contribution in [2.24, 2.45) is 0 Å². The van der Waals surface area contributed by atoms with Crippen LogP contribution in [-0.2, 0) is 11.3 Å². The zero-order valence-corrected chi connectivity index (χ0v) is 12.9. The summed E-state index contributed by atoms with van der Waals surface area (Å²) in [6.07, 6.45) is 5.93. The van der Waals surface area contributed by atoms with E-state index in [0.29, 0.717) is 19.0 Å². The van der Waals surface area contributed by atoms with Gasteiger partial charge < -0.3 is 4.90 Å². The van der Waals surface area contributed by atoms with E-state index in [1.54, 1.807) is 0 Å². The summed E-state index contributed by atoms with van der Waals surface area (Å²) in [7, 11) is 0. The molecule has 0 saturated carbocycles. The van der Waals surface area contributed by atoms with Gasteiger partial charge in [0.2, 0.25) is 5.91 Å². The maximum atomic E-state index is 12.4. The van der Waals surface area contributed by atoms with E-state index in [1.165, 1.54) is 12.0 Å². The Balaban J connectivity index is 1.68. The number of benzene rings is 1. The van der Waals surface area contributed by atoms with Crippen LogP contribution in [0.5, 0.6) is 0 Å². The lowest BCUT2D eigenvalue weighted by atomic mass is 10.0. The molecule has 1 fully saturated rings. The van der Waals surface area contributed by atoms with E-state index in [9.17, 15) is 4.79 Å². The fourth-order valence-corrected chi connectivity index (χ4v) is 3.17. The van der Waals surface area contributed by atoms with Gasteiger partial charge in [0.05, 0.1) is 18.3 Å². The van der Waals surface area contributed by atoms with E-state index >= 15 is 0 Å². The highest BCUT2D eigenvalue weighted by Gasteiger charge is 2.22. The van der Waals surface area contributed by atoms with E-state index < -0.39 is 0 Å². The molecule has 1 aliphatic rings. The Morgan fingerprint density at radius 2 is 2.24 bits per heavy atom. The van der Waals surface area contributed by atoms with Gasteiger partial charge in [0.15, 0.2) is 0 Å². The van der Waals surface area contributed by atoms with Crippen LogP contribution < -0.4 is 0 Å². The molecule has 1 saturated heterocycles. The van der Waals surface area contributed by atoms with E-state index in [1.807, 2.05) is 15.8 Å². The fraction of sp³-hybridized carbons (Fsp3) is 0.529. The van der Waals surface area contributed by atoms with Gasteiger partial charge in [-0.15, -0.1) is 0 Å². The van der Waals surface area contributed by atoms with Crippen molar-refractivity contribution < 1.29 is 4.79 Å². The molecule has 4 heteroatoms. The lowest BCUT2D eigenvalue weighted by Gasteiger charge is -2.33. The first kappa shape index (κ1) is 14.1. The third kappa shape index (κ3) is 2.94. The second-order valence-electron chi connectivity index (χ2n) is 6.11. The van der Waals surface area contributed by atoms with E-state index in [2.05, 4.69) is 37.1 Å². The van der Waals surface area contributed by atoms with Crippen LogP contribution in [-0.4, -0.2) is 33.2 Å². The second kappa shape index (κ2) is 5.88. The molecule has 0 spiro atoms. The predicted octanol–water partition coefficient (Wildman–Crippen LogP) is 3.14. The van der Waals surface area contributed by atoms with E-state index in [0.717, 1.165) is 30.3 Å². The summed E-state index contributed by atoms with van der Waals surface area (Å²) in [5, 5.41) is 5.56. The molecule has 1 amide bonds. The van der Waals surface area contributed by atoms with Crippen molar-refractivity contribution in [2.75, 3.05) is 6.54 Å². The standard InChI is InChI=1S/C17H23N3O/c1-13-6-7-15-12-18-20(16(15)11-13)10-8-17(21)19-9-4-3-5-14(19)2/h6-7,11-12,14H,3-5,8-10H2,1-2H3/t14-/m0/s1. The lowest BCUT2D eigenvalue weighted by Crippen LogP contribution is -2.42. The second-order valence-corrected chi connectivity index (χ2v) is 6.11. The molecule has 1 aromatic carbocycles. The number of aryl methyl sites for hydroxylation is 2. The number of nitrogens with zero attached hydrogens (tertiary/aromatic N) is 3. The summed E-state index contributed by atoms with van der Waals surface area (Å²) in [5.74, 6) is 0.263. The minimum atomic E-state index is 0.263. The molecule has 3 rings (SSSR count). The SMILES string of the molecule is Cc1ccc2cnn(CCC(=O)N3CCCC[C@@H]3C)c2c1. The maximum Gasteiger partial charge on any atom is 0.224 e. The van der Waals surface area contributed by atoms with Crippen molar-refractivity contribution in [3.05, 3.63) is 30.0 Å². The molecule has 1 aromatic heterocycles. The minimum absolute atomic E-state index is 0.263. The summed E-state index contributed by atoms with van der Waals surface area (Å²) in [6, 6.07) is 6.70. The number of likely N-dealkylation sites (tertiary alicyclic amines) is 1. The van der Waals surface area contributed by atoms with Crippen LogP contribution in [0.2, 0.25) is 0 Å². The fourth-order valence-electron chi connectivity index (χ4n) is 3.17. The zero-order valence-electron chi connectivity index (χ0n) is 12.9. The van der Waals surface area contributed by atoms with Crippen LogP contribution in [0, 0.1) is 6.92 Å². The predicted molar refractivity (Wildman–Crippen MR) is 84.1 cm³/mol. The Bertz CT molecular complexity index is 647. The highest BCUT2D eigenvalue weighted by atomic mass is 16.2. The van der Waals surface area contributed by atoms with Gasteiger partial charge in [-0.3, -0.25) is 9.48 Å². The van der Waals surface area contributed by atoms with Gasteiger partial charge in [0.25, 0.3) is 0 Å². The molecule has 0 N–H and O–H groups in total. The number of aromatic nitrogens is 2. The summed E-state index contributed by atoms with van der Waals surface area (Å²) in [4.78, 5) is 14.4. The number of carbonyl (C=O) groups excluding carboxylic acids is 1. The molecule has 1 atom stereocenters. The molecule has 1 aliphatic heterocycles. The quantitative estimate of drug-likeness (QED) is 0.869. The van der Waals surface area contributed by atoms with Crippen molar-refractivity contribution in [1.82, 2.24) is 14.7 Å². The van der Waals surface area contributed by atoms with Crippen LogP contribution >= 0.6 is 0 Å². The first-order valence-corrected chi connectivity index (χ1v) is 7.87. The van der Waals surface area contributed by atoms with Crippen molar-refractivity contribution in [3.63, 3.8) is 0 Å². The normalized spacial score (nSPS) is 19.1. The van der Waals surface area contributed by atoms with Crippen LogP contribution in [0.1, 0.15) is 38.2 Å². The van der Waals surface area contributed by atoms with Crippen molar-refractivity contribution >= 4 is 16.8 Å². The first-order valence-electron chi connectivity index (χ1n) is 7.87. The molecular weight excluding hydrogens is 262 g/mol. The zero-order chi connectivity index (χ0) is 14.8. The van der Waals surface area contributed by atoms with Crippen LogP contribution in [0.3, 0.4) is 0 Å². The summed E-state index contributed by atoms with van der Waals surface area (Å²) < 4.78 is 1.95. The van der Waals surface area contributed by atoms with Gasteiger partial charge in [-0.05, 0) is 44.7 Å². The van der Waals surface area contributed by atoms with Gasteiger partial charge >= 0.3 is 0 Å². The number of fused-ring (bicyclic) bond motifs is 1. The molecule has 4 nitrogen and oxygen atoms in total. The summed E-state index contributed by atoms with van der Waals surface area (Å²) >= 11 is 0. The lowest BCUT2D eigenvalue weighted by molar-refractivity contribution is -0.134. The maximum absolute atomic E-state index is 12.4. The Kier molecular flexibility index (Phi) is 3.95. The topological polar surface area (TPSA) is 38.1 Å². The third-order valence-electron chi connectivity index (χ3n) is 4.46. The van der Waals surface area contributed by atoms with Gasteiger partial charge in [-0.2, -0.15) is 5.10 Å². The van der Waals surface area contributed by atoms with E-state index in [4.69, 9.17) is 0 Å². The monoisotopic (exact) mass is 285 g/mol.